The number of hydrogen-bond donors (Lipinski definition) is 2. The molecular formula is C15H22N2OS. The SMILES string of the molecule is CCOCCCC(Cc1csc2ccccc12)NN. The van der Waals surface area contributed by atoms with Gasteiger partial charge < -0.3 is 4.74 Å². The number of hydrogen-bond acceptors (Lipinski definition) is 4. The van der Waals surface area contributed by atoms with Crippen LogP contribution in [0.3, 0.4) is 0 Å². The second-order valence-electron chi connectivity index (χ2n) is 4.66. The van der Waals surface area contributed by atoms with Crippen molar-refractivity contribution in [1.82, 2.24) is 5.43 Å². The van der Waals surface area contributed by atoms with Gasteiger partial charge in [-0.1, -0.05) is 18.2 Å². The van der Waals surface area contributed by atoms with E-state index in [0.717, 1.165) is 32.5 Å². The van der Waals surface area contributed by atoms with E-state index in [2.05, 4.69) is 35.1 Å². The minimum atomic E-state index is 0.318. The molecule has 3 nitrogen and oxygen atoms in total. The number of thiophene rings is 1. The van der Waals surface area contributed by atoms with Crippen molar-refractivity contribution in [3.05, 3.63) is 35.2 Å². The van der Waals surface area contributed by atoms with Crippen LogP contribution in [0, 0.1) is 0 Å². The zero-order valence-electron chi connectivity index (χ0n) is 11.4. The monoisotopic (exact) mass is 278 g/mol. The quantitative estimate of drug-likeness (QED) is 0.443. The fourth-order valence-corrected chi connectivity index (χ4v) is 3.25. The molecule has 0 saturated heterocycles. The lowest BCUT2D eigenvalue weighted by molar-refractivity contribution is 0.140. The molecule has 1 heterocycles. The van der Waals surface area contributed by atoms with E-state index in [0.29, 0.717) is 6.04 Å². The average molecular weight is 278 g/mol. The van der Waals surface area contributed by atoms with Gasteiger partial charge in [0, 0.05) is 24.0 Å². The first-order valence-corrected chi connectivity index (χ1v) is 7.72. The van der Waals surface area contributed by atoms with Gasteiger partial charge in [-0.3, -0.25) is 11.3 Å². The summed E-state index contributed by atoms with van der Waals surface area (Å²) in [5.74, 6) is 5.66. The topological polar surface area (TPSA) is 47.3 Å². The minimum Gasteiger partial charge on any atom is -0.382 e. The van der Waals surface area contributed by atoms with Gasteiger partial charge in [0.15, 0.2) is 0 Å². The van der Waals surface area contributed by atoms with Crippen molar-refractivity contribution >= 4 is 21.4 Å². The van der Waals surface area contributed by atoms with Crippen LogP contribution in [0.15, 0.2) is 29.6 Å². The van der Waals surface area contributed by atoms with Crippen LogP contribution < -0.4 is 11.3 Å². The van der Waals surface area contributed by atoms with Crippen LogP contribution in [0.5, 0.6) is 0 Å². The van der Waals surface area contributed by atoms with Gasteiger partial charge in [-0.2, -0.15) is 0 Å². The van der Waals surface area contributed by atoms with Crippen LogP contribution in [-0.2, 0) is 11.2 Å². The maximum Gasteiger partial charge on any atom is 0.0466 e. The van der Waals surface area contributed by atoms with E-state index < -0.39 is 0 Å². The van der Waals surface area contributed by atoms with Crippen LogP contribution in [0.4, 0.5) is 0 Å². The normalized spacial score (nSPS) is 12.9. The van der Waals surface area contributed by atoms with Crippen LogP contribution >= 0.6 is 11.3 Å². The van der Waals surface area contributed by atoms with Gasteiger partial charge in [0.2, 0.25) is 0 Å². The van der Waals surface area contributed by atoms with E-state index >= 15 is 0 Å². The van der Waals surface area contributed by atoms with Crippen LogP contribution in [0.25, 0.3) is 10.1 Å². The molecule has 19 heavy (non-hydrogen) atoms. The summed E-state index contributed by atoms with van der Waals surface area (Å²) in [6.45, 7) is 3.63. The molecule has 1 aromatic carbocycles. The second-order valence-corrected chi connectivity index (χ2v) is 5.58. The maximum absolute atomic E-state index is 5.66. The summed E-state index contributed by atoms with van der Waals surface area (Å²) in [4.78, 5) is 0. The molecule has 0 aliphatic rings. The average Bonchev–Trinajstić information content (AvgIpc) is 2.85. The highest BCUT2D eigenvalue weighted by Gasteiger charge is 2.11. The van der Waals surface area contributed by atoms with Gasteiger partial charge in [-0.25, -0.2) is 0 Å². The molecule has 3 N–H and O–H groups in total. The Morgan fingerprint density at radius 3 is 3.00 bits per heavy atom. The molecule has 2 aromatic rings. The minimum absolute atomic E-state index is 0.318. The first-order chi connectivity index (χ1) is 9.35. The molecule has 4 heteroatoms. The number of benzene rings is 1. The zero-order chi connectivity index (χ0) is 13.5. The molecule has 0 spiro atoms. The molecule has 0 aliphatic heterocycles. The fraction of sp³-hybridized carbons (Fsp3) is 0.467. The second kappa shape index (κ2) is 7.60. The number of nitrogens with one attached hydrogen (secondary N) is 1. The van der Waals surface area contributed by atoms with E-state index in [4.69, 9.17) is 10.6 Å². The van der Waals surface area contributed by atoms with E-state index in [9.17, 15) is 0 Å². The Bertz CT molecular complexity index is 498. The molecule has 1 aromatic heterocycles. The summed E-state index contributed by atoms with van der Waals surface area (Å²) >= 11 is 1.81. The summed E-state index contributed by atoms with van der Waals surface area (Å²) in [6.07, 6.45) is 3.07. The molecular weight excluding hydrogens is 256 g/mol. The summed E-state index contributed by atoms with van der Waals surface area (Å²) < 4.78 is 6.72. The van der Waals surface area contributed by atoms with Gasteiger partial charge in [0.1, 0.15) is 0 Å². The molecule has 0 amide bonds. The molecule has 104 valence electrons. The number of rotatable bonds is 8. The number of ether oxygens (including phenoxy) is 1. The predicted molar refractivity (Wildman–Crippen MR) is 82.4 cm³/mol. The van der Waals surface area contributed by atoms with Crippen molar-refractivity contribution < 1.29 is 4.74 Å². The molecule has 0 bridgehead atoms. The number of fused-ring (bicyclic) bond motifs is 1. The Morgan fingerprint density at radius 1 is 1.37 bits per heavy atom. The van der Waals surface area contributed by atoms with Gasteiger partial charge >= 0.3 is 0 Å². The Kier molecular flexibility index (Phi) is 5.79. The van der Waals surface area contributed by atoms with Gasteiger partial charge in [0.25, 0.3) is 0 Å². The lowest BCUT2D eigenvalue weighted by Crippen LogP contribution is -2.36. The lowest BCUT2D eigenvalue weighted by Gasteiger charge is -2.15. The highest BCUT2D eigenvalue weighted by atomic mass is 32.1. The smallest absolute Gasteiger partial charge is 0.0466 e. The van der Waals surface area contributed by atoms with Crippen molar-refractivity contribution in [1.29, 1.82) is 0 Å². The highest BCUT2D eigenvalue weighted by molar-refractivity contribution is 7.17. The fourth-order valence-electron chi connectivity index (χ4n) is 2.28. The van der Waals surface area contributed by atoms with E-state index in [1.165, 1.54) is 15.6 Å². The Hall–Kier alpha value is -0.940. The number of nitrogens with two attached hydrogens (primary N) is 1. The standard InChI is InChI=1S/C15H22N2OS/c1-2-18-9-5-6-13(17-16)10-12-11-19-15-8-4-3-7-14(12)15/h3-4,7-8,11,13,17H,2,5-6,9-10,16H2,1H3. The van der Waals surface area contributed by atoms with Crippen LogP contribution in [0.2, 0.25) is 0 Å². The van der Waals surface area contributed by atoms with Crippen molar-refractivity contribution in [2.75, 3.05) is 13.2 Å². The van der Waals surface area contributed by atoms with Crippen LogP contribution in [0.1, 0.15) is 25.3 Å². The largest absolute Gasteiger partial charge is 0.382 e. The molecule has 2 rings (SSSR count). The van der Waals surface area contributed by atoms with Gasteiger partial charge in [0.05, 0.1) is 0 Å². The van der Waals surface area contributed by atoms with Crippen molar-refractivity contribution in [2.45, 2.75) is 32.2 Å². The first-order valence-electron chi connectivity index (χ1n) is 6.84. The highest BCUT2D eigenvalue weighted by Crippen LogP contribution is 2.26. The van der Waals surface area contributed by atoms with E-state index in [1.807, 2.05) is 6.92 Å². The molecule has 1 unspecified atom stereocenters. The van der Waals surface area contributed by atoms with Gasteiger partial charge in [-0.05, 0) is 48.6 Å². The van der Waals surface area contributed by atoms with E-state index in [-0.39, 0.29) is 0 Å². The van der Waals surface area contributed by atoms with Crippen molar-refractivity contribution in [3.8, 4) is 0 Å². The Balaban J connectivity index is 1.94. The Labute approximate surface area is 118 Å². The maximum atomic E-state index is 5.66. The third-order valence-electron chi connectivity index (χ3n) is 3.31. The van der Waals surface area contributed by atoms with Crippen molar-refractivity contribution in [2.24, 2.45) is 5.84 Å². The lowest BCUT2D eigenvalue weighted by atomic mass is 10.0. The molecule has 0 radical (unpaired) electrons. The summed E-state index contributed by atoms with van der Waals surface area (Å²) in [5, 5.41) is 3.61. The molecule has 0 fully saturated rings. The number of hydrazine groups is 1. The molecule has 1 atom stereocenters. The molecule has 0 saturated carbocycles. The summed E-state index contributed by atoms with van der Waals surface area (Å²) in [5.41, 5.74) is 4.32. The third-order valence-corrected chi connectivity index (χ3v) is 4.32. The first kappa shape index (κ1) is 14.5. The predicted octanol–water partition coefficient (Wildman–Crippen LogP) is 3.09. The Morgan fingerprint density at radius 2 is 2.21 bits per heavy atom. The third kappa shape index (κ3) is 4.01. The zero-order valence-corrected chi connectivity index (χ0v) is 12.2. The molecule has 0 aliphatic carbocycles. The van der Waals surface area contributed by atoms with Crippen LogP contribution in [-0.4, -0.2) is 19.3 Å². The van der Waals surface area contributed by atoms with Crippen molar-refractivity contribution in [3.63, 3.8) is 0 Å². The summed E-state index contributed by atoms with van der Waals surface area (Å²) in [6, 6.07) is 8.86. The van der Waals surface area contributed by atoms with E-state index in [1.54, 1.807) is 11.3 Å². The summed E-state index contributed by atoms with van der Waals surface area (Å²) in [7, 11) is 0. The van der Waals surface area contributed by atoms with Gasteiger partial charge in [-0.15, -0.1) is 11.3 Å².